The van der Waals surface area contributed by atoms with Gasteiger partial charge >= 0.3 is 0 Å². The third kappa shape index (κ3) is 3.44. The Bertz CT molecular complexity index is 959. The van der Waals surface area contributed by atoms with Gasteiger partial charge in [-0.15, -0.1) is 11.3 Å². The van der Waals surface area contributed by atoms with Gasteiger partial charge in [0.05, 0.1) is 21.0 Å². The maximum absolute atomic E-state index is 12.3. The smallest absolute Gasteiger partial charge is 0.234 e. The number of hydrogen-bond donors (Lipinski definition) is 1. The molecule has 2 aromatic heterocycles. The van der Waals surface area contributed by atoms with Crippen LogP contribution >= 0.6 is 22.7 Å². The summed E-state index contributed by atoms with van der Waals surface area (Å²) in [6.45, 7) is 1.84. The number of benzene rings is 1. The standard InChI is InChI=1S/C15H14N2O3S3/c1-9(12-4-3-7-21-12)14(18)17-15-16-11-6-5-10(23(2,19)20)8-13(11)22-15/h3-9H,1-2H3,(H,16,17,18). The number of hydrogen-bond acceptors (Lipinski definition) is 6. The van der Waals surface area contributed by atoms with Crippen molar-refractivity contribution in [3.8, 4) is 0 Å². The first-order chi connectivity index (χ1) is 10.8. The Morgan fingerprint density at radius 2 is 2.09 bits per heavy atom. The monoisotopic (exact) mass is 366 g/mol. The number of fused-ring (bicyclic) bond motifs is 1. The van der Waals surface area contributed by atoms with Gasteiger partial charge in [0.15, 0.2) is 15.0 Å². The molecular formula is C15H14N2O3S3. The molecular weight excluding hydrogens is 352 g/mol. The molecule has 0 radical (unpaired) electrons. The molecule has 1 aromatic carbocycles. The summed E-state index contributed by atoms with van der Waals surface area (Å²) in [5.41, 5.74) is 0.668. The molecule has 1 atom stereocenters. The van der Waals surface area contributed by atoms with Gasteiger partial charge in [0.25, 0.3) is 0 Å². The molecule has 0 bridgehead atoms. The van der Waals surface area contributed by atoms with Crippen LogP contribution in [-0.2, 0) is 14.6 Å². The Kier molecular flexibility index (Phi) is 4.22. The van der Waals surface area contributed by atoms with E-state index in [0.717, 1.165) is 9.58 Å². The summed E-state index contributed by atoms with van der Waals surface area (Å²) in [6.07, 6.45) is 1.17. The number of anilines is 1. The van der Waals surface area contributed by atoms with E-state index in [0.29, 0.717) is 10.6 Å². The highest BCUT2D eigenvalue weighted by Gasteiger charge is 2.18. The van der Waals surface area contributed by atoms with Crippen molar-refractivity contribution >= 4 is 53.8 Å². The molecule has 3 aromatic rings. The first kappa shape index (κ1) is 16.1. The van der Waals surface area contributed by atoms with Crippen molar-refractivity contribution in [2.75, 3.05) is 11.6 Å². The van der Waals surface area contributed by atoms with Crippen molar-refractivity contribution in [1.29, 1.82) is 0 Å². The second kappa shape index (κ2) is 6.03. The van der Waals surface area contributed by atoms with Crippen molar-refractivity contribution in [2.45, 2.75) is 17.7 Å². The van der Waals surface area contributed by atoms with E-state index in [9.17, 15) is 13.2 Å². The second-order valence-corrected chi connectivity index (χ2v) is 9.17. The first-order valence-electron chi connectivity index (χ1n) is 6.79. The lowest BCUT2D eigenvalue weighted by atomic mass is 10.1. The molecule has 1 unspecified atom stereocenters. The van der Waals surface area contributed by atoms with Crippen LogP contribution < -0.4 is 5.32 Å². The zero-order valence-corrected chi connectivity index (χ0v) is 14.9. The highest BCUT2D eigenvalue weighted by atomic mass is 32.2. The topological polar surface area (TPSA) is 76.1 Å². The lowest BCUT2D eigenvalue weighted by molar-refractivity contribution is -0.117. The lowest BCUT2D eigenvalue weighted by Crippen LogP contribution is -2.17. The van der Waals surface area contributed by atoms with Crippen molar-refractivity contribution in [3.63, 3.8) is 0 Å². The summed E-state index contributed by atoms with van der Waals surface area (Å²) < 4.78 is 23.9. The molecule has 0 saturated carbocycles. The van der Waals surface area contributed by atoms with Crippen molar-refractivity contribution in [2.24, 2.45) is 0 Å². The summed E-state index contributed by atoms with van der Waals surface area (Å²) in [7, 11) is -3.26. The molecule has 0 spiro atoms. The predicted octanol–water partition coefficient (Wildman–Crippen LogP) is 3.50. The number of carbonyl (C=O) groups excluding carboxylic acids is 1. The van der Waals surface area contributed by atoms with Crippen LogP contribution in [0, 0.1) is 0 Å². The van der Waals surface area contributed by atoms with Crippen molar-refractivity contribution < 1.29 is 13.2 Å². The van der Waals surface area contributed by atoms with Crippen molar-refractivity contribution in [3.05, 3.63) is 40.6 Å². The zero-order chi connectivity index (χ0) is 16.6. The Labute approximate surface area is 141 Å². The SMILES string of the molecule is CC(C(=O)Nc1nc2ccc(S(C)(=O)=O)cc2s1)c1cccs1. The van der Waals surface area contributed by atoms with Gasteiger partial charge in [0, 0.05) is 11.1 Å². The number of thiophene rings is 1. The van der Waals surface area contributed by atoms with Crippen molar-refractivity contribution in [1.82, 2.24) is 4.98 Å². The minimum absolute atomic E-state index is 0.130. The molecule has 5 nitrogen and oxygen atoms in total. The van der Waals surface area contributed by atoms with E-state index in [1.165, 1.54) is 35.0 Å². The Hall–Kier alpha value is -1.77. The van der Waals surface area contributed by atoms with Crippen LogP contribution in [0.2, 0.25) is 0 Å². The minimum Gasteiger partial charge on any atom is -0.301 e. The average molecular weight is 366 g/mol. The van der Waals surface area contributed by atoms with E-state index in [1.54, 1.807) is 12.1 Å². The van der Waals surface area contributed by atoms with Gasteiger partial charge in [-0.25, -0.2) is 13.4 Å². The largest absolute Gasteiger partial charge is 0.301 e. The second-order valence-electron chi connectivity index (χ2n) is 5.15. The van der Waals surface area contributed by atoms with E-state index in [1.807, 2.05) is 24.4 Å². The van der Waals surface area contributed by atoms with E-state index < -0.39 is 9.84 Å². The number of carbonyl (C=O) groups is 1. The third-order valence-electron chi connectivity index (χ3n) is 3.38. The highest BCUT2D eigenvalue weighted by Crippen LogP contribution is 2.29. The summed E-state index contributed by atoms with van der Waals surface area (Å²) in [4.78, 5) is 17.9. The molecule has 1 amide bonds. The van der Waals surface area contributed by atoms with Gasteiger partial charge in [-0.1, -0.05) is 17.4 Å². The predicted molar refractivity (Wildman–Crippen MR) is 94.1 cm³/mol. The van der Waals surface area contributed by atoms with Gasteiger partial charge < -0.3 is 5.32 Å². The van der Waals surface area contributed by atoms with Crippen LogP contribution in [0.1, 0.15) is 17.7 Å². The van der Waals surface area contributed by atoms with Crippen LogP contribution in [-0.4, -0.2) is 25.6 Å². The number of nitrogens with one attached hydrogen (secondary N) is 1. The maximum atomic E-state index is 12.3. The number of thiazole rings is 1. The number of rotatable bonds is 4. The quantitative estimate of drug-likeness (QED) is 0.767. The Morgan fingerprint density at radius 3 is 2.74 bits per heavy atom. The fourth-order valence-corrected chi connectivity index (χ4v) is 4.48. The Morgan fingerprint density at radius 1 is 1.30 bits per heavy atom. The summed E-state index contributed by atoms with van der Waals surface area (Å²) in [5.74, 6) is -0.386. The van der Waals surface area contributed by atoms with E-state index in [2.05, 4.69) is 10.3 Å². The molecule has 0 aliphatic carbocycles. The molecule has 8 heteroatoms. The van der Waals surface area contributed by atoms with Crippen LogP contribution in [0.25, 0.3) is 10.2 Å². The first-order valence-corrected chi connectivity index (χ1v) is 10.4. The van der Waals surface area contributed by atoms with Gasteiger partial charge in [0.1, 0.15) is 0 Å². The highest BCUT2D eigenvalue weighted by molar-refractivity contribution is 7.90. The Balaban J connectivity index is 1.85. The molecule has 0 aliphatic rings. The third-order valence-corrected chi connectivity index (χ3v) is 6.48. The maximum Gasteiger partial charge on any atom is 0.234 e. The minimum atomic E-state index is -3.26. The molecule has 0 aliphatic heterocycles. The van der Waals surface area contributed by atoms with Crippen LogP contribution in [0.3, 0.4) is 0 Å². The number of amides is 1. The number of aromatic nitrogens is 1. The van der Waals surface area contributed by atoms with Gasteiger partial charge in [-0.2, -0.15) is 0 Å². The van der Waals surface area contributed by atoms with E-state index >= 15 is 0 Å². The fraction of sp³-hybridized carbons (Fsp3) is 0.200. The molecule has 3 rings (SSSR count). The number of nitrogens with zero attached hydrogens (tertiary/aromatic N) is 1. The summed E-state index contributed by atoms with van der Waals surface area (Å²) >= 11 is 2.80. The summed E-state index contributed by atoms with van der Waals surface area (Å²) in [5, 5.41) is 5.21. The molecule has 120 valence electrons. The fourth-order valence-electron chi connectivity index (χ4n) is 2.07. The molecule has 2 heterocycles. The average Bonchev–Trinajstić information content (AvgIpc) is 3.13. The van der Waals surface area contributed by atoms with Crippen LogP contribution in [0.5, 0.6) is 0 Å². The summed E-state index contributed by atoms with van der Waals surface area (Å²) in [6, 6.07) is 8.60. The van der Waals surface area contributed by atoms with E-state index in [-0.39, 0.29) is 16.7 Å². The van der Waals surface area contributed by atoms with Gasteiger partial charge in [0.2, 0.25) is 5.91 Å². The molecule has 23 heavy (non-hydrogen) atoms. The molecule has 1 N–H and O–H groups in total. The normalized spacial score (nSPS) is 13.1. The molecule has 0 saturated heterocycles. The van der Waals surface area contributed by atoms with Crippen LogP contribution in [0.15, 0.2) is 40.6 Å². The molecule has 0 fully saturated rings. The zero-order valence-electron chi connectivity index (χ0n) is 12.4. The van der Waals surface area contributed by atoms with Gasteiger partial charge in [-0.05, 0) is 36.6 Å². The van der Waals surface area contributed by atoms with Crippen LogP contribution in [0.4, 0.5) is 5.13 Å². The number of sulfone groups is 1. The van der Waals surface area contributed by atoms with E-state index in [4.69, 9.17) is 0 Å². The lowest BCUT2D eigenvalue weighted by Gasteiger charge is -2.07. The van der Waals surface area contributed by atoms with Gasteiger partial charge in [-0.3, -0.25) is 4.79 Å².